The monoisotopic (exact) mass is 402 g/mol. The van der Waals surface area contributed by atoms with E-state index >= 15 is 0 Å². The summed E-state index contributed by atoms with van der Waals surface area (Å²) in [7, 11) is 0. The lowest BCUT2D eigenvalue weighted by Gasteiger charge is -2.22. The van der Waals surface area contributed by atoms with Crippen molar-refractivity contribution in [2.45, 2.75) is 12.5 Å². The van der Waals surface area contributed by atoms with Gasteiger partial charge in [-0.25, -0.2) is 9.40 Å². The van der Waals surface area contributed by atoms with Crippen molar-refractivity contribution in [1.29, 1.82) is 0 Å². The van der Waals surface area contributed by atoms with Gasteiger partial charge in [0.2, 0.25) is 0 Å². The van der Waals surface area contributed by atoms with Gasteiger partial charge in [0.25, 0.3) is 5.91 Å². The zero-order chi connectivity index (χ0) is 19.8. The van der Waals surface area contributed by atoms with Crippen LogP contribution < -0.4 is 0 Å². The maximum absolute atomic E-state index is 14.3. The summed E-state index contributed by atoms with van der Waals surface area (Å²) in [6.45, 7) is 0. The van der Waals surface area contributed by atoms with E-state index in [9.17, 15) is 9.18 Å². The molecule has 2 aromatic carbocycles. The van der Waals surface area contributed by atoms with Crippen LogP contribution in [0, 0.1) is 5.82 Å². The minimum Gasteiger partial charge on any atom is -0.267 e. The molecule has 1 amide bonds. The molecule has 142 valence electrons. The summed E-state index contributed by atoms with van der Waals surface area (Å²) in [5.41, 5.74) is 4.20. The summed E-state index contributed by atoms with van der Waals surface area (Å²) in [5, 5.41) is 9.95. The van der Waals surface area contributed by atoms with E-state index in [1.807, 2.05) is 35.0 Å². The average molecular weight is 402 g/mol. The first-order valence-corrected chi connectivity index (χ1v) is 10.0. The Morgan fingerprint density at radius 2 is 1.90 bits per heavy atom. The average Bonchev–Trinajstić information content (AvgIpc) is 3.43. The number of rotatable bonds is 3. The number of amides is 1. The number of thiophene rings is 1. The van der Waals surface area contributed by atoms with Crippen molar-refractivity contribution in [3.8, 4) is 0 Å². The summed E-state index contributed by atoms with van der Waals surface area (Å²) >= 11 is 1.57. The number of halogens is 1. The second kappa shape index (κ2) is 7.18. The maximum Gasteiger partial charge on any atom is 0.277 e. The van der Waals surface area contributed by atoms with Gasteiger partial charge in [-0.15, -0.1) is 0 Å². The van der Waals surface area contributed by atoms with E-state index in [0.717, 1.165) is 27.9 Å². The molecule has 3 heterocycles. The number of benzene rings is 2. The van der Waals surface area contributed by atoms with Crippen molar-refractivity contribution in [2.24, 2.45) is 5.10 Å². The number of carbonyl (C=O) groups is 1. The molecule has 1 aliphatic rings. The molecule has 5 rings (SSSR count). The lowest BCUT2D eigenvalue weighted by Crippen LogP contribution is -2.27. The van der Waals surface area contributed by atoms with Crippen LogP contribution in [0.15, 0.2) is 76.8 Å². The van der Waals surface area contributed by atoms with Crippen molar-refractivity contribution < 1.29 is 9.18 Å². The Labute approximate surface area is 170 Å². The number of hydrogen-bond acceptors (Lipinski definition) is 5. The molecule has 0 saturated carbocycles. The molecule has 1 aliphatic heterocycles. The summed E-state index contributed by atoms with van der Waals surface area (Å²) < 4.78 is 14.3. The second-order valence-electron chi connectivity index (χ2n) is 6.71. The van der Waals surface area contributed by atoms with Crippen LogP contribution in [0.2, 0.25) is 0 Å². The first-order valence-electron chi connectivity index (χ1n) is 9.09. The maximum atomic E-state index is 14.3. The summed E-state index contributed by atoms with van der Waals surface area (Å²) in [6.07, 6.45) is 3.82. The van der Waals surface area contributed by atoms with Gasteiger partial charge < -0.3 is 0 Å². The number of carbonyl (C=O) groups excluding carboxylic acids is 1. The smallest absolute Gasteiger partial charge is 0.267 e. The molecular weight excluding hydrogens is 387 g/mol. The van der Waals surface area contributed by atoms with Gasteiger partial charge in [-0.05, 0) is 46.7 Å². The van der Waals surface area contributed by atoms with Gasteiger partial charge in [0.05, 0.1) is 28.4 Å². The van der Waals surface area contributed by atoms with Gasteiger partial charge in [-0.2, -0.15) is 16.4 Å². The fraction of sp³-hybridized carbons (Fsp3) is 0.0909. The fourth-order valence-corrected chi connectivity index (χ4v) is 4.17. The molecule has 1 unspecified atom stereocenters. The summed E-state index contributed by atoms with van der Waals surface area (Å²) in [4.78, 5) is 21.8. The highest BCUT2D eigenvalue weighted by Gasteiger charge is 2.34. The lowest BCUT2D eigenvalue weighted by atomic mass is 9.98. The molecule has 29 heavy (non-hydrogen) atoms. The molecular formula is C22H15FN4OS. The highest BCUT2D eigenvalue weighted by Crippen LogP contribution is 2.35. The van der Waals surface area contributed by atoms with Gasteiger partial charge in [-0.1, -0.05) is 18.2 Å². The standard InChI is InChI=1S/C22H15FN4OS/c23-17-4-2-1-3-16(17)22(28)27-21(12-19(26-27)15-7-10-29-13-15)14-5-6-18-20(11-14)25-9-8-24-18/h1-11,13,21H,12H2. The molecule has 5 nitrogen and oxygen atoms in total. The minimum absolute atomic E-state index is 0.00778. The van der Waals surface area contributed by atoms with Crippen molar-refractivity contribution in [3.05, 3.63) is 94.2 Å². The predicted molar refractivity (Wildman–Crippen MR) is 110 cm³/mol. The van der Waals surface area contributed by atoms with E-state index in [1.54, 1.807) is 35.9 Å². The number of fused-ring (bicyclic) bond motifs is 1. The minimum atomic E-state index is -0.556. The van der Waals surface area contributed by atoms with E-state index in [-0.39, 0.29) is 11.6 Å². The Bertz CT molecular complexity index is 1240. The van der Waals surface area contributed by atoms with E-state index < -0.39 is 11.7 Å². The second-order valence-corrected chi connectivity index (χ2v) is 7.49. The number of hydrogen-bond donors (Lipinski definition) is 0. The highest BCUT2D eigenvalue weighted by atomic mass is 32.1. The largest absolute Gasteiger partial charge is 0.277 e. The van der Waals surface area contributed by atoms with E-state index in [2.05, 4.69) is 15.1 Å². The molecule has 0 bridgehead atoms. The molecule has 1 atom stereocenters. The molecule has 2 aromatic heterocycles. The molecule has 0 saturated heterocycles. The van der Waals surface area contributed by atoms with E-state index in [1.165, 1.54) is 17.1 Å². The van der Waals surface area contributed by atoms with Crippen molar-refractivity contribution in [1.82, 2.24) is 15.0 Å². The Morgan fingerprint density at radius 3 is 2.69 bits per heavy atom. The van der Waals surface area contributed by atoms with Gasteiger partial charge in [0.15, 0.2) is 0 Å². The topological polar surface area (TPSA) is 58.5 Å². The van der Waals surface area contributed by atoms with Crippen LogP contribution >= 0.6 is 11.3 Å². The Hall–Kier alpha value is -3.45. The third kappa shape index (κ3) is 3.19. The predicted octanol–water partition coefficient (Wildman–Crippen LogP) is 4.82. The zero-order valence-corrected chi connectivity index (χ0v) is 16.0. The SMILES string of the molecule is O=C(c1ccccc1F)N1N=C(c2ccsc2)CC1c1ccc2nccnc2c1. The molecule has 7 heteroatoms. The van der Waals surface area contributed by atoms with Crippen molar-refractivity contribution >= 4 is 34.0 Å². The summed E-state index contributed by atoms with van der Waals surface area (Å²) in [6, 6.07) is 13.3. The third-order valence-electron chi connectivity index (χ3n) is 4.96. The highest BCUT2D eigenvalue weighted by molar-refractivity contribution is 7.08. The molecule has 0 N–H and O–H groups in total. The Kier molecular flexibility index (Phi) is 4.37. The molecule has 0 spiro atoms. The van der Waals surface area contributed by atoms with Gasteiger partial charge >= 0.3 is 0 Å². The van der Waals surface area contributed by atoms with Crippen LogP contribution in [0.4, 0.5) is 4.39 Å². The molecule has 0 aliphatic carbocycles. The van der Waals surface area contributed by atoms with Crippen LogP contribution in [-0.2, 0) is 0 Å². The number of nitrogens with zero attached hydrogens (tertiary/aromatic N) is 4. The zero-order valence-electron chi connectivity index (χ0n) is 15.2. The van der Waals surface area contributed by atoms with Crippen LogP contribution in [0.5, 0.6) is 0 Å². The number of aromatic nitrogens is 2. The van der Waals surface area contributed by atoms with E-state index in [4.69, 9.17) is 0 Å². The first-order chi connectivity index (χ1) is 14.2. The van der Waals surface area contributed by atoms with E-state index in [0.29, 0.717) is 6.42 Å². The van der Waals surface area contributed by atoms with Crippen molar-refractivity contribution in [2.75, 3.05) is 0 Å². The van der Waals surface area contributed by atoms with Gasteiger partial charge in [-0.3, -0.25) is 14.8 Å². The number of hydrazone groups is 1. The normalized spacial score (nSPS) is 16.2. The molecule has 0 radical (unpaired) electrons. The van der Waals surface area contributed by atoms with Crippen molar-refractivity contribution in [3.63, 3.8) is 0 Å². The van der Waals surface area contributed by atoms with Crippen LogP contribution in [0.1, 0.15) is 33.9 Å². The van der Waals surface area contributed by atoms with Gasteiger partial charge in [0.1, 0.15) is 5.82 Å². The molecule has 0 fully saturated rings. The van der Waals surface area contributed by atoms with Crippen LogP contribution in [-0.4, -0.2) is 26.6 Å². The fourth-order valence-electron chi connectivity index (χ4n) is 3.51. The Balaban J connectivity index is 1.58. The van der Waals surface area contributed by atoms with Gasteiger partial charge in [0, 0.05) is 24.4 Å². The third-order valence-corrected chi connectivity index (χ3v) is 5.64. The first kappa shape index (κ1) is 17.6. The Morgan fingerprint density at radius 1 is 1.07 bits per heavy atom. The lowest BCUT2D eigenvalue weighted by molar-refractivity contribution is 0.0706. The van der Waals surface area contributed by atoms with Crippen LogP contribution in [0.3, 0.4) is 0 Å². The van der Waals surface area contributed by atoms with Crippen LogP contribution in [0.25, 0.3) is 11.0 Å². The summed E-state index contributed by atoms with van der Waals surface area (Å²) in [5.74, 6) is -1.02. The molecule has 4 aromatic rings. The quantitative estimate of drug-likeness (QED) is 0.494.